The zero-order valence-electron chi connectivity index (χ0n) is 11.0. The van der Waals surface area contributed by atoms with Gasteiger partial charge in [-0.3, -0.25) is 0 Å². The summed E-state index contributed by atoms with van der Waals surface area (Å²) in [5.74, 6) is 1.21. The molecule has 0 bridgehead atoms. The van der Waals surface area contributed by atoms with E-state index in [0.29, 0.717) is 11.8 Å². The van der Waals surface area contributed by atoms with Crippen LogP contribution in [0.3, 0.4) is 0 Å². The average molecular weight is 219 g/mol. The molecule has 0 saturated heterocycles. The third kappa shape index (κ3) is 3.64. The second-order valence-electron chi connectivity index (χ2n) is 5.15. The minimum absolute atomic E-state index is 0.287. The maximum atomic E-state index is 6.16. The van der Waals surface area contributed by atoms with Gasteiger partial charge in [0.2, 0.25) is 0 Å². The summed E-state index contributed by atoms with van der Waals surface area (Å²) in [7, 11) is 0. The first kappa shape index (κ1) is 13.2. The largest absolute Gasteiger partial charge is 0.327 e. The van der Waals surface area contributed by atoms with Crippen LogP contribution in [0.1, 0.15) is 51.2 Å². The number of benzene rings is 1. The zero-order chi connectivity index (χ0) is 12.1. The Morgan fingerprint density at radius 2 is 1.62 bits per heavy atom. The molecule has 1 aromatic carbocycles. The summed E-state index contributed by atoms with van der Waals surface area (Å²) in [6, 6.07) is 9.18. The van der Waals surface area contributed by atoms with Crippen molar-refractivity contribution in [2.45, 2.75) is 52.5 Å². The maximum Gasteiger partial charge on any atom is 0.0105 e. The van der Waals surface area contributed by atoms with E-state index >= 15 is 0 Å². The molecule has 2 N–H and O–H groups in total. The average Bonchev–Trinajstić information content (AvgIpc) is 2.28. The lowest BCUT2D eigenvalue weighted by molar-refractivity contribution is 0.440. The molecule has 0 spiro atoms. The normalized spacial score (nSPS) is 15.1. The van der Waals surface area contributed by atoms with Gasteiger partial charge in [0.05, 0.1) is 0 Å². The van der Waals surface area contributed by atoms with Crippen LogP contribution in [0, 0.1) is 5.92 Å². The summed E-state index contributed by atoms with van der Waals surface area (Å²) in [5, 5.41) is 0. The van der Waals surface area contributed by atoms with Crippen LogP contribution < -0.4 is 5.73 Å². The van der Waals surface area contributed by atoms with E-state index in [4.69, 9.17) is 5.73 Å². The standard InChI is InChI=1S/C15H25N/c1-5-12(4)15(16)10-13-6-8-14(9-7-13)11(2)3/h6-9,11-12,15H,5,10,16H2,1-4H3. The van der Waals surface area contributed by atoms with Crippen LogP contribution in [0.5, 0.6) is 0 Å². The molecule has 0 aliphatic rings. The van der Waals surface area contributed by atoms with E-state index in [-0.39, 0.29) is 6.04 Å². The van der Waals surface area contributed by atoms with Crippen molar-refractivity contribution in [1.82, 2.24) is 0 Å². The van der Waals surface area contributed by atoms with Gasteiger partial charge in [0.15, 0.2) is 0 Å². The van der Waals surface area contributed by atoms with Gasteiger partial charge in [0.1, 0.15) is 0 Å². The zero-order valence-corrected chi connectivity index (χ0v) is 11.0. The smallest absolute Gasteiger partial charge is 0.0105 e. The van der Waals surface area contributed by atoms with E-state index in [1.54, 1.807) is 0 Å². The van der Waals surface area contributed by atoms with Crippen LogP contribution in [0.4, 0.5) is 0 Å². The Bertz CT molecular complexity index is 300. The minimum atomic E-state index is 0.287. The maximum absolute atomic E-state index is 6.16. The van der Waals surface area contributed by atoms with Crippen molar-refractivity contribution < 1.29 is 0 Å². The SMILES string of the molecule is CCC(C)C(N)Cc1ccc(C(C)C)cc1. The number of hydrogen-bond donors (Lipinski definition) is 1. The highest BCUT2D eigenvalue weighted by Crippen LogP contribution is 2.17. The topological polar surface area (TPSA) is 26.0 Å². The number of rotatable bonds is 5. The predicted molar refractivity (Wildman–Crippen MR) is 71.7 cm³/mol. The molecular weight excluding hydrogens is 194 g/mol. The van der Waals surface area contributed by atoms with Gasteiger partial charge >= 0.3 is 0 Å². The summed E-state index contributed by atoms with van der Waals surface area (Å²) in [4.78, 5) is 0. The molecule has 2 unspecified atom stereocenters. The fourth-order valence-electron chi connectivity index (χ4n) is 1.81. The minimum Gasteiger partial charge on any atom is -0.327 e. The monoisotopic (exact) mass is 219 g/mol. The molecular formula is C15H25N. The molecule has 0 aromatic heterocycles. The molecule has 2 atom stereocenters. The molecule has 16 heavy (non-hydrogen) atoms. The highest BCUT2D eigenvalue weighted by Gasteiger charge is 2.11. The molecule has 1 heteroatoms. The van der Waals surface area contributed by atoms with Gasteiger partial charge < -0.3 is 5.73 Å². The molecule has 1 aromatic rings. The quantitative estimate of drug-likeness (QED) is 0.802. The molecule has 0 aliphatic carbocycles. The van der Waals surface area contributed by atoms with Gasteiger partial charge in [-0.15, -0.1) is 0 Å². The van der Waals surface area contributed by atoms with Gasteiger partial charge in [-0.25, -0.2) is 0 Å². The lowest BCUT2D eigenvalue weighted by Crippen LogP contribution is -2.30. The van der Waals surface area contributed by atoms with Crippen molar-refractivity contribution in [3.63, 3.8) is 0 Å². The van der Waals surface area contributed by atoms with Gasteiger partial charge in [-0.1, -0.05) is 58.4 Å². The Balaban J connectivity index is 2.61. The Hall–Kier alpha value is -0.820. The lowest BCUT2D eigenvalue weighted by atomic mass is 9.93. The Morgan fingerprint density at radius 1 is 1.06 bits per heavy atom. The highest BCUT2D eigenvalue weighted by atomic mass is 14.6. The van der Waals surface area contributed by atoms with Gasteiger partial charge in [-0.2, -0.15) is 0 Å². The highest BCUT2D eigenvalue weighted by molar-refractivity contribution is 5.25. The fourth-order valence-corrected chi connectivity index (χ4v) is 1.81. The molecule has 0 saturated carbocycles. The molecule has 0 aliphatic heterocycles. The van der Waals surface area contributed by atoms with Crippen molar-refractivity contribution >= 4 is 0 Å². The molecule has 1 rings (SSSR count). The van der Waals surface area contributed by atoms with E-state index in [9.17, 15) is 0 Å². The summed E-state index contributed by atoms with van der Waals surface area (Å²) < 4.78 is 0. The first-order chi connectivity index (χ1) is 7.54. The first-order valence-electron chi connectivity index (χ1n) is 6.39. The van der Waals surface area contributed by atoms with E-state index in [1.165, 1.54) is 11.1 Å². The van der Waals surface area contributed by atoms with Crippen LogP contribution in [-0.2, 0) is 6.42 Å². The molecule has 0 radical (unpaired) electrons. The van der Waals surface area contributed by atoms with Gasteiger partial charge in [0.25, 0.3) is 0 Å². The number of hydrogen-bond acceptors (Lipinski definition) is 1. The predicted octanol–water partition coefficient (Wildman–Crippen LogP) is 3.73. The van der Waals surface area contributed by atoms with Crippen LogP contribution >= 0.6 is 0 Å². The van der Waals surface area contributed by atoms with Crippen LogP contribution in [-0.4, -0.2) is 6.04 Å². The first-order valence-corrected chi connectivity index (χ1v) is 6.39. The van der Waals surface area contributed by atoms with Gasteiger partial charge in [0, 0.05) is 6.04 Å². The van der Waals surface area contributed by atoms with Crippen LogP contribution in [0.25, 0.3) is 0 Å². The van der Waals surface area contributed by atoms with E-state index in [0.717, 1.165) is 12.8 Å². The lowest BCUT2D eigenvalue weighted by Gasteiger charge is -2.18. The molecule has 90 valence electrons. The van der Waals surface area contributed by atoms with E-state index in [2.05, 4.69) is 52.0 Å². The molecule has 0 amide bonds. The van der Waals surface area contributed by atoms with Crippen molar-refractivity contribution in [2.75, 3.05) is 0 Å². The Morgan fingerprint density at radius 3 is 2.06 bits per heavy atom. The Kier molecular flexibility index (Phi) is 5.01. The summed E-state index contributed by atoms with van der Waals surface area (Å²) in [6.45, 7) is 8.87. The van der Waals surface area contributed by atoms with Crippen molar-refractivity contribution in [2.24, 2.45) is 11.7 Å². The molecule has 0 heterocycles. The third-order valence-corrected chi connectivity index (χ3v) is 3.49. The van der Waals surface area contributed by atoms with E-state index in [1.807, 2.05) is 0 Å². The third-order valence-electron chi connectivity index (χ3n) is 3.49. The van der Waals surface area contributed by atoms with Crippen LogP contribution in [0.15, 0.2) is 24.3 Å². The van der Waals surface area contributed by atoms with Crippen LogP contribution in [0.2, 0.25) is 0 Å². The molecule has 1 nitrogen and oxygen atoms in total. The Labute approximate surface area is 100 Å². The van der Waals surface area contributed by atoms with Gasteiger partial charge in [-0.05, 0) is 29.4 Å². The summed E-state index contributed by atoms with van der Waals surface area (Å²) in [5.41, 5.74) is 8.92. The second-order valence-corrected chi connectivity index (χ2v) is 5.15. The summed E-state index contributed by atoms with van der Waals surface area (Å²) in [6.07, 6.45) is 2.15. The molecule has 0 fully saturated rings. The number of nitrogens with two attached hydrogens (primary N) is 1. The second kappa shape index (κ2) is 6.05. The van der Waals surface area contributed by atoms with E-state index < -0.39 is 0 Å². The van der Waals surface area contributed by atoms with Crippen molar-refractivity contribution in [1.29, 1.82) is 0 Å². The summed E-state index contributed by atoms with van der Waals surface area (Å²) >= 11 is 0. The van der Waals surface area contributed by atoms with Crippen molar-refractivity contribution in [3.8, 4) is 0 Å². The fraction of sp³-hybridized carbons (Fsp3) is 0.600. The van der Waals surface area contributed by atoms with Crippen molar-refractivity contribution in [3.05, 3.63) is 35.4 Å².